The van der Waals surface area contributed by atoms with Crippen LogP contribution in [0.5, 0.6) is 0 Å². The van der Waals surface area contributed by atoms with Crippen LogP contribution in [-0.2, 0) is 20.8 Å². The van der Waals surface area contributed by atoms with Gasteiger partial charge in [-0.2, -0.15) is 0 Å². The molecule has 1 amide bonds. The first-order chi connectivity index (χ1) is 12.4. The summed E-state index contributed by atoms with van der Waals surface area (Å²) >= 11 is 0. The molecule has 0 saturated carbocycles. The fourth-order valence-electron chi connectivity index (χ4n) is 2.91. The number of hydrogen-bond donors (Lipinski definition) is 0. The van der Waals surface area contributed by atoms with Gasteiger partial charge in [0.1, 0.15) is 5.69 Å². The molecular weight excluding hydrogens is 336 g/mol. The molecule has 0 atom stereocenters. The van der Waals surface area contributed by atoms with Crippen LogP contribution in [0, 0.1) is 13.8 Å². The van der Waals surface area contributed by atoms with Crippen molar-refractivity contribution in [3.63, 3.8) is 0 Å². The molecule has 0 bridgehead atoms. The van der Waals surface area contributed by atoms with Crippen LogP contribution < -0.4 is 0 Å². The molecule has 7 nitrogen and oxygen atoms in total. The Kier molecular flexibility index (Phi) is 9.09. The molecule has 7 heteroatoms. The van der Waals surface area contributed by atoms with E-state index in [0.29, 0.717) is 49.7 Å². The monoisotopic (exact) mass is 366 g/mol. The van der Waals surface area contributed by atoms with E-state index < -0.39 is 5.97 Å². The largest absolute Gasteiger partial charge is 0.461 e. The van der Waals surface area contributed by atoms with Crippen molar-refractivity contribution in [1.82, 2.24) is 9.47 Å². The molecule has 0 aliphatic heterocycles. The second-order valence-electron chi connectivity index (χ2n) is 5.83. The highest BCUT2D eigenvalue weighted by Crippen LogP contribution is 2.25. The molecule has 1 rings (SSSR count). The standard InChI is InChI=1S/C19H30N2O5/c1-7-9-21-15(4)16(14(3)17(21)19(23)26-8-2)18(22)20(10-12-24-5)11-13-25-6/h7H,1,8-13H2,2-6H3. The second kappa shape index (κ2) is 10.8. The Balaban J connectivity index is 3.35. The van der Waals surface area contributed by atoms with Crippen molar-refractivity contribution < 1.29 is 23.8 Å². The van der Waals surface area contributed by atoms with Gasteiger partial charge in [-0.1, -0.05) is 6.08 Å². The highest BCUT2D eigenvalue weighted by molar-refractivity contribution is 6.01. The number of nitrogens with zero attached hydrogens (tertiary/aromatic N) is 2. The molecule has 0 radical (unpaired) electrons. The van der Waals surface area contributed by atoms with E-state index in [1.807, 2.05) is 6.92 Å². The summed E-state index contributed by atoms with van der Waals surface area (Å²) in [5.74, 6) is -0.586. The third kappa shape index (κ3) is 4.95. The van der Waals surface area contributed by atoms with Crippen LogP contribution in [0.1, 0.15) is 39.0 Å². The first-order valence-electron chi connectivity index (χ1n) is 8.69. The number of aromatic nitrogens is 1. The lowest BCUT2D eigenvalue weighted by Crippen LogP contribution is -2.37. The van der Waals surface area contributed by atoms with Gasteiger partial charge in [-0.3, -0.25) is 4.79 Å². The zero-order valence-electron chi connectivity index (χ0n) is 16.5. The van der Waals surface area contributed by atoms with E-state index in [1.165, 1.54) is 0 Å². The van der Waals surface area contributed by atoms with Crippen molar-refractivity contribution in [2.75, 3.05) is 47.1 Å². The molecule has 146 valence electrons. The van der Waals surface area contributed by atoms with Crippen LogP contribution >= 0.6 is 0 Å². The molecule has 0 fully saturated rings. The lowest BCUT2D eigenvalue weighted by atomic mass is 10.1. The molecule has 1 aromatic rings. The summed E-state index contributed by atoms with van der Waals surface area (Å²) in [5, 5.41) is 0. The number of esters is 1. The summed E-state index contributed by atoms with van der Waals surface area (Å²) in [5.41, 5.74) is 2.25. The third-order valence-corrected chi connectivity index (χ3v) is 4.18. The van der Waals surface area contributed by atoms with Gasteiger partial charge in [0, 0.05) is 39.5 Å². The Labute approximate surface area is 155 Å². The van der Waals surface area contributed by atoms with Gasteiger partial charge in [-0.25, -0.2) is 4.79 Å². The maximum atomic E-state index is 13.2. The molecule has 0 aromatic carbocycles. The van der Waals surface area contributed by atoms with E-state index in [-0.39, 0.29) is 12.5 Å². The quantitative estimate of drug-likeness (QED) is 0.444. The molecule has 0 saturated heterocycles. The van der Waals surface area contributed by atoms with Gasteiger partial charge >= 0.3 is 5.97 Å². The van der Waals surface area contributed by atoms with Crippen molar-refractivity contribution in [3.8, 4) is 0 Å². The van der Waals surface area contributed by atoms with E-state index in [4.69, 9.17) is 14.2 Å². The number of carbonyl (C=O) groups excluding carboxylic acids is 2. The summed E-state index contributed by atoms with van der Waals surface area (Å²) in [6.45, 7) is 11.5. The molecule has 26 heavy (non-hydrogen) atoms. The predicted molar refractivity (Wildman–Crippen MR) is 99.7 cm³/mol. The van der Waals surface area contributed by atoms with Crippen LogP contribution in [0.3, 0.4) is 0 Å². The van der Waals surface area contributed by atoms with Crippen molar-refractivity contribution in [1.29, 1.82) is 0 Å². The zero-order chi connectivity index (χ0) is 19.7. The van der Waals surface area contributed by atoms with Crippen molar-refractivity contribution >= 4 is 11.9 Å². The minimum absolute atomic E-state index is 0.150. The molecule has 1 heterocycles. The maximum Gasteiger partial charge on any atom is 0.355 e. The number of methoxy groups -OCH3 is 2. The van der Waals surface area contributed by atoms with E-state index >= 15 is 0 Å². The van der Waals surface area contributed by atoms with Crippen LogP contribution in [0.4, 0.5) is 0 Å². The smallest absolute Gasteiger partial charge is 0.355 e. The average molecular weight is 366 g/mol. The van der Waals surface area contributed by atoms with E-state index in [2.05, 4.69) is 6.58 Å². The summed E-state index contributed by atoms with van der Waals surface area (Å²) in [7, 11) is 3.18. The number of rotatable bonds is 11. The number of ether oxygens (including phenoxy) is 3. The SMILES string of the molecule is C=CCn1c(C)c(C(=O)N(CCOC)CCOC)c(C)c1C(=O)OCC. The number of carbonyl (C=O) groups is 2. The summed E-state index contributed by atoms with van der Waals surface area (Å²) < 4.78 is 17.2. The van der Waals surface area contributed by atoms with Crippen molar-refractivity contribution in [3.05, 3.63) is 35.2 Å². The summed E-state index contributed by atoms with van der Waals surface area (Å²) in [6, 6.07) is 0. The molecular formula is C19H30N2O5. The lowest BCUT2D eigenvalue weighted by Gasteiger charge is -2.22. The fraction of sp³-hybridized carbons (Fsp3) is 0.579. The van der Waals surface area contributed by atoms with Gasteiger partial charge < -0.3 is 23.7 Å². The highest BCUT2D eigenvalue weighted by atomic mass is 16.5. The lowest BCUT2D eigenvalue weighted by molar-refractivity contribution is 0.0513. The number of amides is 1. The predicted octanol–water partition coefficient (Wildman–Crippen LogP) is 2.20. The number of allylic oxidation sites excluding steroid dienone is 1. The summed E-state index contributed by atoms with van der Waals surface area (Å²) in [4.78, 5) is 27.3. The van der Waals surface area contributed by atoms with E-state index in [1.54, 1.807) is 43.6 Å². The average Bonchev–Trinajstić information content (AvgIpc) is 2.85. The first kappa shape index (κ1) is 21.9. The Morgan fingerprint density at radius 1 is 1.15 bits per heavy atom. The van der Waals surface area contributed by atoms with Gasteiger partial charge in [0.05, 0.1) is 25.4 Å². The highest BCUT2D eigenvalue weighted by Gasteiger charge is 2.29. The van der Waals surface area contributed by atoms with E-state index in [9.17, 15) is 9.59 Å². The third-order valence-electron chi connectivity index (χ3n) is 4.18. The Hall–Kier alpha value is -2.12. The molecule has 1 aromatic heterocycles. The van der Waals surface area contributed by atoms with Gasteiger partial charge in [0.2, 0.25) is 0 Å². The van der Waals surface area contributed by atoms with Crippen LogP contribution in [0.15, 0.2) is 12.7 Å². The van der Waals surface area contributed by atoms with Gasteiger partial charge in [0.15, 0.2) is 0 Å². The second-order valence-corrected chi connectivity index (χ2v) is 5.83. The van der Waals surface area contributed by atoms with Crippen molar-refractivity contribution in [2.45, 2.75) is 27.3 Å². The Morgan fingerprint density at radius 3 is 2.19 bits per heavy atom. The first-order valence-corrected chi connectivity index (χ1v) is 8.69. The van der Waals surface area contributed by atoms with Gasteiger partial charge in [-0.05, 0) is 26.3 Å². The molecule has 0 N–H and O–H groups in total. The molecule has 0 spiro atoms. The molecule has 0 aliphatic rings. The molecule has 0 aliphatic carbocycles. The van der Waals surface area contributed by atoms with Gasteiger partial charge in [0.25, 0.3) is 5.91 Å². The van der Waals surface area contributed by atoms with Crippen LogP contribution in [0.2, 0.25) is 0 Å². The minimum Gasteiger partial charge on any atom is -0.461 e. The molecule has 0 unspecified atom stereocenters. The minimum atomic E-state index is -0.436. The Bertz CT molecular complexity index is 628. The zero-order valence-corrected chi connectivity index (χ0v) is 16.5. The number of hydrogen-bond acceptors (Lipinski definition) is 5. The topological polar surface area (TPSA) is 70.0 Å². The van der Waals surface area contributed by atoms with Crippen LogP contribution in [0.25, 0.3) is 0 Å². The van der Waals surface area contributed by atoms with Gasteiger partial charge in [-0.15, -0.1) is 6.58 Å². The normalized spacial score (nSPS) is 10.7. The maximum absolute atomic E-state index is 13.2. The van der Waals surface area contributed by atoms with Crippen molar-refractivity contribution in [2.24, 2.45) is 0 Å². The van der Waals surface area contributed by atoms with Crippen LogP contribution in [-0.4, -0.2) is 68.5 Å². The summed E-state index contributed by atoms with van der Waals surface area (Å²) in [6.07, 6.45) is 1.69. The fourth-order valence-corrected chi connectivity index (χ4v) is 2.91. The Morgan fingerprint density at radius 2 is 1.73 bits per heavy atom. The van der Waals surface area contributed by atoms with E-state index in [0.717, 1.165) is 5.69 Å².